The predicted octanol–water partition coefficient (Wildman–Crippen LogP) is 3.00. The summed E-state index contributed by atoms with van der Waals surface area (Å²) in [4.78, 5) is 0. The fraction of sp³-hybridized carbons (Fsp3) is 0.200. The first-order chi connectivity index (χ1) is 19.9. The molecule has 0 saturated heterocycles. The van der Waals surface area contributed by atoms with Crippen LogP contribution in [0.1, 0.15) is 45.9 Å². The Morgan fingerprint density at radius 3 is 1.76 bits per heavy atom. The number of fused-ring (bicyclic) bond motifs is 2. The van der Waals surface area contributed by atoms with E-state index < -0.39 is 70.6 Å². The highest BCUT2D eigenvalue weighted by Crippen LogP contribution is 2.57. The maximum atomic E-state index is 11.8. The largest absolute Gasteiger partial charge is 0.508 e. The number of benzene rings is 4. The normalized spacial score (nSPS) is 22.9. The van der Waals surface area contributed by atoms with Gasteiger partial charge in [0.2, 0.25) is 0 Å². The van der Waals surface area contributed by atoms with Crippen molar-refractivity contribution in [3.63, 3.8) is 0 Å². The van der Waals surface area contributed by atoms with E-state index in [0.717, 1.165) is 12.1 Å². The van der Waals surface area contributed by atoms with Crippen molar-refractivity contribution in [3.8, 4) is 57.5 Å². The summed E-state index contributed by atoms with van der Waals surface area (Å²) >= 11 is 0. The van der Waals surface area contributed by atoms with E-state index >= 15 is 0 Å². The van der Waals surface area contributed by atoms with Gasteiger partial charge in [-0.15, -0.1) is 0 Å². The van der Waals surface area contributed by atoms with Crippen molar-refractivity contribution in [2.24, 2.45) is 0 Å². The highest BCUT2D eigenvalue weighted by atomic mass is 16.5. The van der Waals surface area contributed by atoms with E-state index in [-0.39, 0.29) is 51.5 Å². The van der Waals surface area contributed by atoms with Crippen molar-refractivity contribution in [2.75, 3.05) is 0 Å². The molecule has 2 aliphatic heterocycles. The molecule has 6 rings (SSSR count). The molecular formula is C30H26O12. The zero-order valence-corrected chi connectivity index (χ0v) is 21.6. The maximum absolute atomic E-state index is 11.8. The van der Waals surface area contributed by atoms with Crippen molar-refractivity contribution in [1.82, 2.24) is 0 Å². The lowest BCUT2D eigenvalue weighted by atomic mass is 9.77. The van der Waals surface area contributed by atoms with Crippen molar-refractivity contribution < 1.29 is 60.5 Å². The quantitative estimate of drug-likeness (QED) is 0.159. The summed E-state index contributed by atoms with van der Waals surface area (Å²) < 4.78 is 12.1. The lowest BCUT2D eigenvalue weighted by molar-refractivity contribution is 0.00115. The Morgan fingerprint density at radius 1 is 0.548 bits per heavy atom. The topological polar surface area (TPSA) is 221 Å². The molecule has 42 heavy (non-hydrogen) atoms. The van der Waals surface area contributed by atoms with Gasteiger partial charge >= 0.3 is 0 Å². The Bertz CT molecular complexity index is 1720. The molecule has 218 valence electrons. The van der Waals surface area contributed by atoms with Crippen LogP contribution in [-0.2, 0) is 6.42 Å². The average molecular weight is 579 g/mol. The molecule has 4 aromatic rings. The smallest absolute Gasteiger partial charge is 0.157 e. The molecule has 5 atom stereocenters. The number of rotatable bonds is 3. The number of hydrogen-bond donors (Lipinski definition) is 10. The molecule has 10 N–H and O–H groups in total. The van der Waals surface area contributed by atoms with Crippen LogP contribution in [0.15, 0.2) is 54.6 Å². The van der Waals surface area contributed by atoms with Gasteiger partial charge in [0.1, 0.15) is 46.7 Å². The van der Waals surface area contributed by atoms with Gasteiger partial charge in [-0.3, -0.25) is 0 Å². The molecule has 0 amide bonds. The standard InChI is InChI=1S/C30H26O12/c31-13-7-20(37)24-23(8-13)41-29(12-2-4-16(33)19(36)6-12)27(40)26(24)25-21(38)10-17(34)14-9-22(39)28(42-30(14)25)11-1-3-15(32)18(35)5-11/h1-8,10,22,26-29,31-40H,9H2/t22-,26+,27+,28-,29-/m1/s1. The Kier molecular flexibility index (Phi) is 6.24. The molecule has 0 aliphatic carbocycles. The number of phenolic OH excluding ortho intramolecular Hbond substituents is 8. The van der Waals surface area contributed by atoms with E-state index in [0.29, 0.717) is 0 Å². The van der Waals surface area contributed by atoms with Crippen LogP contribution in [-0.4, -0.2) is 63.3 Å². The van der Waals surface area contributed by atoms with E-state index in [4.69, 9.17) is 9.47 Å². The number of aromatic hydroxyl groups is 8. The highest BCUT2D eigenvalue weighted by molar-refractivity contribution is 5.65. The Hall–Kier alpha value is -5.20. The SMILES string of the molecule is Oc1cc(O)c2c(c1)O[C@H](c1ccc(O)c(O)c1)[C@@H](O)[C@@H]2c1c(O)cc(O)c2c1O[C@H](c1ccc(O)c(O)c1)[C@H](O)C2. The van der Waals surface area contributed by atoms with Crippen LogP contribution in [0.2, 0.25) is 0 Å². The van der Waals surface area contributed by atoms with Crippen LogP contribution in [0.5, 0.6) is 57.5 Å². The summed E-state index contributed by atoms with van der Waals surface area (Å²) in [5, 5.41) is 105. The summed E-state index contributed by atoms with van der Waals surface area (Å²) in [6, 6.07) is 10.8. The Morgan fingerprint density at radius 2 is 1.14 bits per heavy atom. The fourth-order valence-electron chi connectivity index (χ4n) is 5.71. The predicted molar refractivity (Wildman–Crippen MR) is 143 cm³/mol. The van der Waals surface area contributed by atoms with Gasteiger partial charge in [0.25, 0.3) is 0 Å². The second kappa shape index (κ2) is 9.72. The molecule has 0 fully saturated rings. The number of aliphatic hydroxyl groups excluding tert-OH is 2. The third kappa shape index (κ3) is 4.24. The van der Waals surface area contributed by atoms with Crippen molar-refractivity contribution in [1.29, 1.82) is 0 Å². The van der Waals surface area contributed by atoms with Gasteiger partial charge in [-0.1, -0.05) is 12.1 Å². The van der Waals surface area contributed by atoms with Crippen LogP contribution >= 0.6 is 0 Å². The van der Waals surface area contributed by atoms with Gasteiger partial charge < -0.3 is 60.5 Å². The molecule has 12 heteroatoms. The van der Waals surface area contributed by atoms with Crippen LogP contribution < -0.4 is 9.47 Å². The van der Waals surface area contributed by atoms with Gasteiger partial charge in [-0.25, -0.2) is 0 Å². The summed E-state index contributed by atoms with van der Waals surface area (Å²) in [5.41, 5.74) is 0.435. The van der Waals surface area contributed by atoms with Crippen molar-refractivity contribution in [3.05, 3.63) is 82.4 Å². The Balaban J connectivity index is 1.55. The highest BCUT2D eigenvalue weighted by Gasteiger charge is 2.46. The number of hydrogen-bond acceptors (Lipinski definition) is 12. The lowest BCUT2D eigenvalue weighted by Gasteiger charge is -2.40. The molecule has 12 nitrogen and oxygen atoms in total. The van der Waals surface area contributed by atoms with Crippen LogP contribution in [0, 0.1) is 0 Å². The van der Waals surface area contributed by atoms with E-state index in [1.54, 1.807) is 0 Å². The minimum Gasteiger partial charge on any atom is -0.508 e. The minimum absolute atomic E-state index is 0.0312. The van der Waals surface area contributed by atoms with E-state index in [1.165, 1.54) is 42.5 Å². The van der Waals surface area contributed by atoms with E-state index in [9.17, 15) is 51.1 Å². The summed E-state index contributed by atoms with van der Waals surface area (Å²) in [7, 11) is 0. The third-order valence-electron chi connectivity index (χ3n) is 7.67. The second-order valence-corrected chi connectivity index (χ2v) is 10.3. The average Bonchev–Trinajstić information content (AvgIpc) is 2.93. The summed E-state index contributed by atoms with van der Waals surface area (Å²) in [5.74, 6) is -5.08. The van der Waals surface area contributed by atoms with Crippen LogP contribution in [0.4, 0.5) is 0 Å². The number of aliphatic hydroxyl groups is 2. The van der Waals surface area contributed by atoms with Crippen LogP contribution in [0.3, 0.4) is 0 Å². The molecule has 2 aliphatic rings. The molecule has 0 radical (unpaired) electrons. The first kappa shape index (κ1) is 27.0. The first-order valence-electron chi connectivity index (χ1n) is 12.8. The molecule has 0 bridgehead atoms. The number of ether oxygens (including phenoxy) is 2. The Labute approximate surface area is 237 Å². The first-order valence-corrected chi connectivity index (χ1v) is 12.8. The maximum Gasteiger partial charge on any atom is 0.157 e. The molecule has 0 unspecified atom stereocenters. The van der Waals surface area contributed by atoms with E-state index in [2.05, 4.69) is 0 Å². The lowest BCUT2D eigenvalue weighted by Crippen LogP contribution is -2.36. The minimum atomic E-state index is -1.59. The van der Waals surface area contributed by atoms with Gasteiger partial charge in [0.15, 0.2) is 29.1 Å². The summed E-state index contributed by atoms with van der Waals surface area (Å²) in [6.07, 6.45) is -5.43. The zero-order valence-electron chi connectivity index (χ0n) is 21.6. The second-order valence-electron chi connectivity index (χ2n) is 10.3. The van der Waals surface area contributed by atoms with Crippen molar-refractivity contribution >= 4 is 0 Å². The molecule has 0 saturated carbocycles. The fourth-order valence-corrected chi connectivity index (χ4v) is 5.71. The number of phenols is 8. The van der Waals surface area contributed by atoms with Gasteiger partial charge in [-0.05, 0) is 35.4 Å². The van der Waals surface area contributed by atoms with Crippen molar-refractivity contribution in [2.45, 2.75) is 36.8 Å². The zero-order chi connectivity index (χ0) is 30.0. The summed E-state index contributed by atoms with van der Waals surface area (Å²) in [6.45, 7) is 0. The molecule has 2 heterocycles. The third-order valence-corrected chi connectivity index (χ3v) is 7.67. The molecule has 0 aromatic heterocycles. The van der Waals surface area contributed by atoms with Gasteiger partial charge in [0, 0.05) is 41.3 Å². The van der Waals surface area contributed by atoms with Gasteiger partial charge in [0.05, 0.1) is 12.0 Å². The van der Waals surface area contributed by atoms with Crippen LogP contribution in [0.25, 0.3) is 0 Å². The van der Waals surface area contributed by atoms with E-state index in [1.807, 2.05) is 0 Å². The van der Waals surface area contributed by atoms with Gasteiger partial charge in [-0.2, -0.15) is 0 Å². The molecular weight excluding hydrogens is 552 g/mol. The molecule has 4 aromatic carbocycles. The monoisotopic (exact) mass is 578 g/mol. The molecule has 0 spiro atoms.